The van der Waals surface area contributed by atoms with Crippen molar-refractivity contribution in [3.63, 3.8) is 0 Å². The SMILES string of the molecule is CCOS(=O)(=O)[O-].CO[n+]1ccc(NC(=O)Nc2ccccc2)cc1. The summed E-state index contributed by atoms with van der Waals surface area (Å²) in [6, 6.07) is 12.5. The quantitative estimate of drug-likeness (QED) is 0.463. The van der Waals surface area contributed by atoms with Gasteiger partial charge in [0, 0.05) is 22.6 Å². The molecular weight excluding hydrogens is 350 g/mol. The van der Waals surface area contributed by atoms with Gasteiger partial charge in [-0.05, 0) is 19.1 Å². The standard InChI is InChI=1S/C13H13N3O2.C2H6O4S/c1-18-16-9-7-12(8-10-16)15-13(17)14-11-5-3-2-4-6-11;1-2-6-7(3,4)5/h2-10H,1H3,(H,14,17);2H2,1H3,(H,3,4,5). The molecule has 1 aromatic heterocycles. The van der Waals surface area contributed by atoms with Crippen molar-refractivity contribution in [2.45, 2.75) is 6.92 Å². The first-order valence-corrected chi connectivity index (χ1v) is 8.46. The van der Waals surface area contributed by atoms with Gasteiger partial charge in [0.05, 0.1) is 12.3 Å². The van der Waals surface area contributed by atoms with Crippen molar-refractivity contribution in [1.29, 1.82) is 0 Å². The van der Waals surface area contributed by atoms with Gasteiger partial charge >= 0.3 is 6.03 Å². The Morgan fingerprint density at radius 2 is 1.60 bits per heavy atom. The minimum absolute atomic E-state index is 0.0914. The molecule has 0 fully saturated rings. The molecular formula is C15H19N3O6S. The number of pyridine rings is 1. The van der Waals surface area contributed by atoms with E-state index in [0.717, 1.165) is 5.69 Å². The van der Waals surface area contributed by atoms with Gasteiger partial charge in [-0.2, -0.15) is 0 Å². The van der Waals surface area contributed by atoms with Crippen LogP contribution in [0.3, 0.4) is 0 Å². The summed E-state index contributed by atoms with van der Waals surface area (Å²) in [4.78, 5) is 16.6. The number of benzene rings is 1. The highest BCUT2D eigenvalue weighted by atomic mass is 32.3. The van der Waals surface area contributed by atoms with Crippen molar-refractivity contribution < 1.29 is 31.5 Å². The van der Waals surface area contributed by atoms with E-state index in [-0.39, 0.29) is 12.6 Å². The van der Waals surface area contributed by atoms with Crippen LogP contribution in [-0.4, -0.2) is 32.7 Å². The van der Waals surface area contributed by atoms with Crippen LogP contribution in [0, 0.1) is 0 Å². The molecule has 0 aliphatic heterocycles. The lowest BCUT2D eigenvalue weighted by Crippen LogP contribution is -2.39. The first-order valence-electron chi connectivity index (χ1n) is 7.13. The summed E-state index contributed by atoms with van der Waals surface area (Å²) in [5.41, 5.74) is 1.44. The Morgan fingerprint density at radius 1 is 1.08 bits per heavy atom. The maximum atomic E-state index is 11.7. The summed E-state index contributed by atoms with van der Waals surface area (Å²) in [6.45, 7) is 1.33. The van der Waals surface area contributed by atoms with Gasteiger partial charge in [0.1, 0.15) is 7.11 Å². The summed E-state index contributed by atoms with van der Waals surface area (Å²) in [6.07, 6.45) is 3.41. The molecule has 0 bridgehead atoms. The summed E-state index contributed by atoms with van der Waals surface area (Å²) < 4.78 is 33.5. The Kier molecular flexibility index (Phi) is 8.33. The van der Waals surface area contributed by atoms with Gasteiger partial charge < -0.3 is 15.2 Å². The number of nitrogens with one attached hydrogen (secondary N) is 2. The second-order valence-corrected chi connectivity index (χ2v) is 5.44. The lowest BCUT2D eigenvalue weighted by molar-refractivity contribution is -0.885. The fourth-order valence-electron chi connectivity index (χ4n) is 1.58. The summed E-state index contributed by atoms with van der Waals surface area (Å²) in [5, 5.41) is 5.45. The molecule has 136 valence electrons. The predicted octanol–water partition coefficient (Wildman–Crippen LogP) is 1.16. The van der Waals surface area contributed by atoms with Crippen LogP contribution in [0.15, 0.2) is 54.9 Å². The van der Waals surface area contributed by atoms with Crippen LogP contribution >= 0.6 is 0 Å². The fourth-order valence-corrected chi connectivity index (χ4v) is 1.87. The topological polar surface area (TPSA) is 121 Å². The highest BCUT2D eigenvalue weighted by Gasteiger charge is 2.04. The van der Waals surface area contributed by atoms with Gasteiger partial charge in [-0.3, -0.25) is 9.02 Å². The van der Waals surface area contributed by atoms with Gasteiger partial charge in [0.25, 0.3) is 0 Å². The monoisotopic (exact) mass is 369 g/mol. The number of amides is 2. The van der Waals surface area contributed by atoms with E-state index in [9.17, 15) is 17.8 Å². The third kappa shape index (κ3) is 9.25. The number of para-hydroxylation sites is 1. The fraction of sp³-hybridized carbons (Fsp3) is 0.200. The molecule has 1 aromatic carbocycles. The van der Waals surface area contributed by atoms with Gasteiger partial charge in [-0.15, -0.1) is 0 Å². The number of carbonyl (C=O) groups excluding carboxylic acids is 1. The van der Waals surface area contributed by atoms with Crippen molar-refractivity contribution >= 4 is 27.8 Å². The largest absolute Gasteiger partial charge is 0.726 e. The van der Waals surface area contributed by atoms with Crippen LogP contribution in [0.1, 0.15) is 6.92 Å². The molecule has 2 rings (SSSR count). The number of aromatic nitrogens is 1. The molecule has 0 saturated carbocycles. The van der Waals surface area contributed by atoms with Crippen LogP contribution < -0.4 is 20.2 Å². The molecule has 0 spiro atoms. The molecule has 0 unspecified atom stereocenters. The number of rotatable bonds is 5. The third-order valence-electron chi connectivity index (χ3n) is 2.56. The van der Waals surface area contributed by atoms with E-state index in [1.165, 1.54) is 11.7 Å². The first kappa shape index (κ1) is 20.4. The molecule has 2 aromatic rings. The first-order chi connectivity index (χ1) is 11.8. The molecule has 0 aliphatic carbocycles. The van der Waals surface area contributed by atoms with Gasteiger partial charge in [-0.1, -0.05) is 18.2 Å². The molecule has 0 radical (unpaired) electrons. The molecule has 25 heavy (non-hydrogen) atoms. The minimum atomic E-state index is -4.42. The second kappa shape index (κ2) is 10.2. The molecule has 0 saturated heterocycles. The minimum Gasteiger partial charge on any atom is -0.726 e. The van der Waals surface area contributed by atoms with Crippen molar-refractivity contribution in [2.75, 3.05) is 24.4 Å². The van der Waals surface area contributed by atoms with Crippen LogP contribution in [0.4, 0.5) is 16.2 Å². The van der Waals surface area contributed by atoms with Crippen molar-refractivity contribution in [3.05, 3.63) is 54.9 Å². The molecule has 9 nitrogen and oxygen atoms in total. The van der Waals surface area contributed by atoms with Crippen molar-refractivity contribution in [1.82, 2.24) is 0 Å². The van der Waals surface area contributed by atoms with Gasteiger partial charge in [0.15, 0.2) is 0 Å². The third-order valence-corrected chi connectivity index (χ3v) is 3.09. The maximum absolute atomic E-state index is 11.7. The average molecular weight is 369 g/mol. The maximum Gasteiger partial charge on any atom is 0.323 e. The Balaban J connectivity index is 0.000000381. The molecule has 10 heteroatoms. The van der Waals surface area contributed by atoms with E-state index in [0.29, 0.717) is 5.69 Å². The zero-order valence-corrected chi connectivity index (χ0v) is 14.5. The Labute approximate surface area is 146 Å². The number of hydrogen-bond donors (Lipinski definition) is 2. The highest BCUT2D eigenvalue weighted by Crippen LogP contribution is 2.07. The second-order valence-electron chi connectivity index (χ2n) is 4.39. The zero-order chi connectivity index (χ0) is 18.7. The number of nitrogens with zero attached hydrogens (tertiary/aromatic N) is 1. The summed E-state index contributed by atoms with van der Waals surface area (Å²) in [5.74, 6) is 0. The van der Waals surface area contributed by atoms with E-state index in [2.05, 4.69) is 14.8 Å². The number of urea groups is 1. The van der Waals surface area contributed by atoms with E-state index < -0.39 is 10.4 Å². The summed E-state index contributed by atoms with van der Waals surface area (Å²) in [7, 11) is -2.86. The van der Waals surface area contributed by atoms with Crippen molar-refractivity contribution in [2.24, 2.45) is 0 Å². The van der Waals surface area contributed by atoms with Crippen LogP contribution in [0.25, 0.3) is 0 Å². The van der Waals surface area contributed by atoms with Gasteiger partial charge in [-0.25, -0.2) is 13.2 Å². The molecule has 0 aliphatic rings. The Bertz CT molecular complexity index is 751. The smallest absolute Gasteiger partial charge is 0.323 e. The van der Waals surface area contributed by atoms with E-state index >= 15 is 0 Å². The normalized spacial score (nSPS) is 10.2. The lowest BCUT2D eigenvalue weighted by Gasteiger charge is -2.06. The van der Waals surface area contributed by atoms with E-state index in [1.807, 2.05) is 30.3 Å². The Hall–Kier alpha value is -2.69. The molecule has 0 atom stereocenters. The number of anilines is 2. The highest BCUT2D eigenvalue weighted by molar-refractivity contribution is 7.80. The van der Waals surface area contributed by atoms with Crippen LogP contribution in [-0.2, 0) is 14.6 Å². The van der Waals surface area contributed by atoms with Crippen molar-refractivity contribution in [3.8, 4) is 0 Å². The predicted molar refractivity (Wildman–Crippen MR) is 89.5 cm³/mol. The lowest BCUT2D eigenvalue weighted by atomic mass is 10.3. The number of carbonyl (C=O) groups is 1. The van der Waals surface area contributed by atoms with E-state index in [1.54, 1.807) is 31.6 Å². The van der Waals surface area contributed by atoms with Crippen LogP contribution in [0.5, 0.6) is 0 Å². The zero-order valence-electron chi connectivity index (χ0n) is 13.7. The molecule has 2 amide bonds. The molecule has 1 heterocycles. The average Bonchev–Trinajstić information content (AvgIpc) is 2.56. The van der Waals surface area contributed by atoms with Crippen LogP contribution in [0.2, 0.25) is 0 Å². The number of hydrogen-bond acceptors (Lipinski definition) is 6. The van der Waals surface area contributed by atoms with E-state index in [4.69, 9.17) is 4.84 Å². The Morgan fingerprint density at radius 3 is 2.00 bits per heavy atom. The molecule has 2 N–H and O–H groups in total. The van der Waals surface area contributed by atoms with Gasteiger partial charge in [0.2, 0.25) is 22.8 Å². The summed E-state index contributed by atoms with van der Waals surface area (Å²) >= 11 is 0.